The van der Waals surface area contributed by atoms with Crippen molar-refractivity contribution in [3.05, 3.63) is 22.7 Å². The number of halogens is 2. The zero-order chi connectivity index (χ0) is 38.2. The van der Waals surface area contributed by atoms with Gasteiger partial charge < -0.3 is 24.1 Å². The second-order valence-electron chi connectivity index (χ2n) is 15.4. The minimum Gasteiger partial charge on any atom is -0.460 e. The number of alkyl halides is 2. The van der Waals surface area contributed by atoms with Crippen molar-refractivity contribution in [2.45, 2.75) is 168 Å². The predicted octanol–water partition coefficient (Wildman–Crippen LogP) is 8.13. The lowest BCUT2D eigenvalue weighted by Crippen LogP contribution is -2.46. The fourth-order valence-electron chi connectivity index (χ4n) is 5.75. The molecule has 1 aromatic heterocycles. The second kappa shape index (κ2) is 20.8. The van der Waals surface area contributed by atoms with Crippen LogP contribution in [0.5, 0.6) is 0 Å². The number of esters is 1. The topological polar surface area (TPSA) is 146 Å². The van der Waals surface area contributed by atoms with E-state index in [1.807, 2.05) is 0 Å². The number of unbranched alkanes of at least 4 members (excludes halogenated alkanes) is 10. The molecule has 12 nitrogen and oxygen atoms in total. The molecule has 2 amide bonds. The zero-order valence-electron chi connectivity index (χ0n) is 31.7. The lowest BCUT2D eigenvalue weighted by atomic mass is 9.92. The van der Waals surface area contributed by atoms with Crippen LogP contribution < -0.4 is 10.6 Å². The summed E-state index contributed by atoms with van der Waals surface area (Å²) in [5.74, 6) is -6.64. The molecule has 51 heavy (non-hydrogen) atoms. The van der Waals surface area contributed by atoms with E-state index in [0.717, 1.165) is 42.5 Å². The van der Waals surface area contributed by atoms with Gasteiger partial charge in [-0.15, -0.1) is 0 Å². The van der Waals surface area contributed by atoms with Gasteiger partial charge in [-0.3, -0.25) is 9.36 Å². The van der Waals surface area contributed by atoms with Crippen LogP contribution in [0.15, 0.2) is 17.1 Å². The van der Waals surface area contributed by atoms with Crippen LogP contribution >= 0.6 is 0 Å². The third-order valence-electron chi connectivity index (χ3n) is 8.34. The molecule has 1 N–H and O–H groups in total. The Labute approximate surface area is 301 Å². The van der Waals surface area contributed by atoms with Gasteiger partial charge in [-0.05, 0) is 54.0 Å². The number of nitrogens with zero attached hydrogens (tertiary/aromatic N) is 3. The van der Waals surface area contributed by atoms with Gasteiger partial charge in [-0.25, -0.2) is 23.2 Å². The van der Waals surface area contributed by atoms with Crippen LogP contribution in [0, 0.1) is 5.92 Å². The molecule has 3 atom stereocenters. The van der Waals surface area contributed by atoms with E-state index in [1.54, 1.807) is 41.5 Å². The quantitative estimate of drug-likeness (QED) is 0.0793. The molecule has 0 bridgehead atoms. The molecule has 0 aromatic carbocycles. The van der Waals surface area contributed by atoms with Gasteiger partial charge in [-0.1, -0.05) is 77.6 Å². The van der Waals surface area contributed by atoms with Gasteiger partial charge in [0, 0.05) is 19.0 Å². The molecule has 0 saturated carbocycles. The molecule has 2 heterocycles. The summed E-state index contributed by atoms with van der Waals surface area (Å²) in [5, 5.41) is 9.94. The fourth-order valence-corrected chi connectivity index (χ4v) is 5.75. The Morgan fingerprint density at radius 2 is 1.47 bits per heavy atom. The number of amides is 2. The molecule has 1 saturated heterocycles. The summed E-state index contributed by atoms with van der Waals surface area (Å²) in [7, 11) is 0. The number of rotatable bonds is 20. The summed E-state index contributed by atoms with van der Waals surface area (Å²) in [6.45, 7) is 11.3. The Hall–Kier alpha value is -3.13. The number of carbonyl (C=O) groups is 3. The van der Waals surface area contributed by atoms with E-state index in [4.69, 9.17) is 18.9 Å². The number of aromatic nitrogens is 2. The van der Waals surface area contributed by atoms with Crippen molar-refractivity contribution in [3.63, 3.8) is 0 Å². The summed E-state index contributed by atoms with van der Waals surface area (Å²) in [6.07, 6.45) is 8.47. The Balaban J connectivity index is 2.32. The summed E-state index contributed by atoms with van der Waals surface area (Å²) in [5.41, 5.74) is -3.20. The largest absolute Gasteiger partial charge is 0.460 e. The molecule has 0 aliphatic carbocycles. The van der Waals surface area contributed by atoms with Crippen molar-refractivity contribution in [3.8, 4) is 0 Å². The van der Waals surface area contributed by atoms with Gasteiger partial charge in [0.2, 0.25) is 0 Å². The van der Waals surface area contributed by atoms with Gasteiger partial charge in [0.25, 0.3) is 5.92 Å². The maximum absolute atomic E-state index is 16.3. The predicted molar refractivity (Wildman–Crippen MR) is 189 cm³/mol. The number of carbonyl (C=O) groups excluding carboxylic acids is 3. The zero-order valence-corrected chi connectivity index (χ0v) is 31.7. The van der Waals surface area contributed by atoms with Crippen molar-refractivity contribution < 1.29 is 47.2 Å². The van der Waals surface area contributed by atoms with Crippen LogP contribution in [0.1, 0.15) is 144 Å². The molecule has 14 heteroatoms. The van der Waals surface area contributed by atoms with Crippen LogP contribution in [-0.2, 0) is 23.7 Å². The van der Waals surface area contributed by atoms with E-state index in [-0.39, 0.29) is 13.0 Å². The van der Waals surface area contributed by atoms with Crippen LogP contribution in [0.3, 0.4) is 0 Å². The van der Waals surface area contributed by atoms with Crippen LogP contribution in [-0.4, -0.2) is 75.9 Å². The molecule has 1 aliphatic rings. The molecule has 292 valence electrons. The first-order chi connectivity index (χ1) is 23.9. The number of hydrogen-bond acceptors (Lipinski definition) is 10. The molecule has 1 aliphatic heterocycles. The number of imide groups is 1. The third kappa shape index (κ3) is 16.0. The van der Waals surface area contributed by atoms with E-state index in [2.05, 4.69) is 11.9 Å². The van der Waals surface area contributed by atoms with Gasteiger partial charge in [0.15, 0.2) is 5.82 Å². The van der Waals surface area contributed by atoms with Gasteiger partial charge >= 0.3 is 23.8 Å². The highest BCUT2D eigenvalue weighted by atomic mass is 19.3. The van der Waals surface area contributed by atoms with E-state index < -0.39 is 77.9 Å². The SMILES string of the molecule is CCCCCCCCCCCCC[C@@H](n1ccc(N(C(=O)OC(C)(C)C)C(=O)OC(C)(C)C)nc1=O)C(F)(F)C[C@H](CO)C(=O)OC1CCOC1. The van der Waals surface area contributed by atoms with Gasteiger partial charge in [0.05, 0.1) is 25.7 Å². The average Bonchev–Trinajstić information content (AvgIpc) is 3.52. The minimum atomic E-state index is -3.67. The van der Waals surface area contributed by atoms with Crippen molar-refractivity contribution in [1.82, 2.24) is 9.55 Å². The second-order valence-corrected chi connectivity index (χ2v) is 15.4. The first-order valence-electron chi connectivity index (χ1n) is 18.5. The molecule has 1 aromatic rings. The summed E-state index contributed by atoms with van der Waals surface area (Å²) < 4.78 is 54.5. The van der Waals surface area contributed by atoms with Crippen LogP contribution in [0.2, 0.25) is 0 Å². The van der Waals surface area contributed by atoms with Gasteiger partial charge in [-0.2, -0.15) is 9.88 Å². The van der Waals surface area contributed by atoms with Crippen molar-refractivity contribution in [1.29, 1.82) is 0 Å². The Bertz CT molecular complexity index is 1260. The summed E-state index contributed by atoms with van der Waals surface area (Å²) >= 11 is 0. The highest BCUT2D eigenvalue weighted by molar-refractivity contribution is 6.08. The maximum Gasteiger partial charge on any atom is 0.425 e. The number of ether oxygens (including phenoxy) is 4. The first-order valence-corrected chi connectivity index (χ1v) is 18.5. The van der Waals surface area contributed by atoms with Crippen molar-refractivity contribution >= 4 is 24.0 Å². The first kappa shape index (κ1) is 44.0. The normalized spacial score (nSPS) is 16.4. The van der Waals surface area contributed by atoms with Crippen LogP contribution in [0.4, 0.5) is 24.2 Å². The fraction of sp³-hybridized carbons (Fsp3) is 0.811. The third-order valence-corrected chi connectivity index (χ3v) is 8.34. The molecule has 0 spiro atoms. The van der Waals surface area contributed by atoms with Gasteiger partial charge in [0.1, 0.15) is 23.3 Å². The molecule has 1 unspecified atom stereocenters. The monoisotopic (exact) mass is 729 g/mol. The lowest BCUT2D eigenvalue weighted by molar-refractivity contribution is -0.161. The number of aliphatic hydroxyl groups is 1. The van der Waals surface area contributed by atoms with Crippen molar-refractivity contribution in [2.75, 3.05) is 24.7 Å². The Kier molecular flexibility index (Phi) is 18.0. The average molecular weight is 730 g/mol. The lowest BCUT2D eigenvalue weighted by Gasteiger charge is -2.31. The minimum absolute atomic E-state index is 0.129. The van der Waals surface area contributed by atoms with Crippen LogP contribution in [0.25, 0.3) is 0 Å². The van der Waals surface area contributed by atoms with Crippen molar-refractivity contribution in [2.24, 2.45) is 5.92 Å². The molecule has 0 radical (unpaired) electrons. The van der Waals surface area contributed by atoms with E-state index in [9.17, 15) is 24.3 Å². The number of anilines is 1. The molecule has 2 rings (SSSR count). The summed E-state index contributed by atoms with van der Waals surface area (Å²) in [6, 6.07) is -0.658. The highest BCUT2D eigenvalue weighted by Gasteiger charge is 2.45. The number of hydrogen-bond donors (Lipinski definition) is 1. The van der Waals surface area contributed by atoms with E-state index in [0.29, 0.717) is 30.8 Å². The smallest absolute Gasteiger partial charge is 0.425 e. The summed E-state index contributed by atoms with van der Waals surface area (Å²) in [4.78, 5) is 56.8. The number of aliphatic hydroxyl groups excluding tert-OH is 1. The van der Waals surface area contributed by atoms with E-state index >= 15 is 8.78 Å². The van der Waals surface area contributed by atoms with E-state index in [1.165, 1.54) is 32.1 Å². The molecule has 1 fully saturated rings. The maximum atomic E-state index is 16.3. The Morgan fingerprint density at radius 3 is 1.92 bits per heavy atom. The highest BCUT2D eigenvalue weighted by Crippen LogP contribution is 2.38. The standard InChI is InChI=1S/C37H61F2N3O9/c1-8-9-10-11-12-13-14-15-16-17-18-19-29(37(38,39)24-27(25-43)31(44)49-28-21-23-48-26-28)41-22-20-30(40-32(41)45)42(33(46)50-35(2,3)4)34(47)51-36(5,6)7/h20,22,27-29,43H,8-19,21,23-26H2,1-7H3/t27-,28?,29-/m1/s1. The Morgan fingerprint density at radius 1 is 0.941 bits per heavy atom. The molecular formula is C37H61F2N3O9. The molecular weight excluding hydrogens is 668 g/mol.